The molecule has 3 unspecified atom stereocenters. The zero-order valence-corrected chi connectivity index (χ0v) is 15.7. The molecule has 2 rings (SSSR count). The Morgan fingerprint density at radius 1 is 1.35 bits per heavy atom. The van der Waals surface area contributed by atoms with Crippen molar-refractivity contribution in [1.29, 1.82) is 0 Å². The SMILES string of the molecule is CCC(C)C1CN(c2ccc(Br)cc2Br)C(CC)CN1. The summed E-state index contributed by atoms with van der Waals surface area (Å²) >= 11 is 7.26. The number of rotatable bonds is 4. The third kappa shape index (κ3) is 3.58. The Balaban J connectivity index is 2.24. The summed E-state index contributed by atoms with van der Waals surface area (Å²) in [6.07, 6.45) is 2.40. The van der Waals surface area contributed by atoms with E-state index < -0.39 is 0 Å². The highest BCUT2D eigenvalue weighted by Gasteiger charge is 2.30. The summed E-state index contributed by atoms with van der Waals surface area (Å²) < 4.78 is 2.30. The molecule has 0 spiro atoms. The van der Waals surface area contributed by atoms with Gasteiger partial charge in [-0.2, -0.15) is 0 Å². The van der Waals surface area contributed by atoms with Gasteiger partial charge in [0, 0.05) is 34.1 Å². The Morgan fingerprint density at radius 2 is 2.10 bits per heavy atom. The second-order valence-corrected chi connectivity index (χ2v) is 7.48. The Kier molecular flexibility index (Phi) is 5.94. The van der Waals surface area contributed by atoms with Crippen LogP contribution in [0.4, 0.5) is 5.69 Å². The van der Waals surface area contributed by atoms with E-state index in [-0.39, 0.29) is 0 Å². The smallest absolute Gasteiger partial charge is 0.0514 e. The summed E-state index contributed by atoms with van der Waals surface area (Å²) in [5.74, 6) is 0.713. The number of halogens is 2. The van der Waals surface area contributed by atoms with Crippen LogP contribution in [0.15, 0.2) is 27.1 Å². The van der Waals surface area contributed by atoms with Crippen LogP contribution in [0, 0.1) is 5.92 Å². The van der Waals surface area contributed by atoms with E-state index in [4.69, 9.17) is 0 Å². The number of anilines is 1. The molecule has 1 N–H and O–H groups in total. The van der Waals surface area contributed by atoms with E-state index in [1.807, 2.05) is 0 Å². The Morgan fingerprint density at radius 3 is 2.70 bits per heavy atom. The van der Waals surface area contributed by atoms with Crippen molar-refractivity contribution < 1.29 is 0 Å². The van der Waals surface area contributed by atoms with E-state index >= 15 is 0 Å². The first kappa shape index (κ1) is 16.3. The maximum Gasteiger partial charge on any atom is 0.0514 e. The van der Waals surface area contributed by atoms with Gasteiger partial charge in [-0.1, -0.05) is 43.1 Å². The minimum absolute atomic E-state index is 0.577. The number of nitrogens with zero attached hydrogens (tertiary/aromatic N) is 1. The van der Waals surface area contributed by atoms with Gasteiger partial charge < -0.3 is 10.2 Å². The second kappa shape index (κ2) is 7.28. The molecular formula is C16H24Br2N2. The molecule has 1 aromatic rings. The van der Waals surface area contributed by atoms with Crippen LogP contribution in [0.5, 0.6) is 0 Å². The molecule has 1 aliphatic rings. The van der Waals surface area contributed by atoms with E-state index in [0.717, 1.165) is 17.6 Å². The minimum Gasteiger partial charge on any atom is -0.365 e. The summed E-state index contributed by atoms with van der Waals surface area (Å²) in [6.45, 7) is 9.06. The third-order valence-corrected chi connectivity index (χ3v) is 5.60. The molecule has 1 aliphatic heterocycles. The van der Waals surface area contributed by atoms with Gasteiger partial charge >= 0.3 is 0 Å². The third-order valence-electron chi connectivity index (χ3n) is 4.47. The summed E-state index contributed by atoms with van der Waals surface area (Å²) in [5, 5.41) is 3.74. The van der Waals surface area contributed by atoms with Crippen molar-refractivity contribution >= 4 is 37.5 Å². The average Bonchev–Trinajstić information content (AvgIpc) is 2.46. The molecule has 1 saturated heterocycles. The van der Waals surface area contributed by atoms with Gasteiger partial charge in [0.2, 0.25) is 0 Å². The predicted octanol–water partition coefficient (Wildman–Crippen LogP) is 4.81. The second-order valence-electron chi connectivity index (χ2n) is 5.71. The van der Waals surface area contributed by atoms with Gasteiger partial charge in [0.25, 0.3) is 0 Å². The van der Waals surface area contributed by atoms with Gasteiger partial charge in [-0.15, -0.1) is 0 Å². The predicted molar refractivity (Wildman–Crippen MR) is 94.5 cm³/mol. The van der Waals surface area contributed by atoms with Crippen LogP contribution in [-0.4, -0.2) is 25.2 Å². The van der Waals surface area contributed by atoms with Crippen molar-refractivity contribution in [3.8, 4) is 0 Å². The summed E-state index contributed by atoms with van der Waals surface area (Å²) in [4.78, 5) is 2.57. The minimum atomic E-state index is 0.577. The van der Waals surface area contributed by atoms with Crippen molar-refractivity contribution in [3.63, 3.8) is 0 Å². The molecular weight excluding hydrogens is 380 g/mol. The number of hydrogen-bond donors (Lipinski definition) is 1. The fourth-order valence-corrected chi connectivity index (χ4v) is 4.14. The van der Waals surface area contributed by atoms with Crippen LogP contribution in [0.1, 0.15) is 33.6 Å². The topological polar surface area (TPSA) is 15.3 Å². The molecule has 4 heteroatoms. The summed E-state index contributed by atoms with van der Waals surface area (Å²) in [6, 6.07) is 7.65. The number of hydrogen-bond acceptors (Lipinski definition) is 2. The lowest BCUT2D eigenvalue weighted by Crippen LogP contribution is -2.58. The quantitative estimate of drug-likeness (QED) is 0.775. The van der Waals surface area contributed by atoms with E-state index in [1.54, 1.807) is 0 Å². The molecule has 112 valence electrons. The fourth-order valence-electron chi connectivity index (χ4n) is 2.86. The normalized spacial score (nSPS) is 24.8. The Bertz CT molecular complexity index is 450. The van der Waals surface area contributed by atoms with Crippen LogP contribution < -0.4 is 10.2 Å². The van der Waals surface area contributed by atoms with E-state index in [9.17, 15) is 0 Å². The number of nitrogens with one attached hydrogen (secondary N) is 1. The monoisotopic (exact) mass is 402 g/mol. The standard InChI is InChI=1S/C16H24Br2N2/c1-4-11(3)15-10-20(13(5-2)9-19-15)16-7-6-12(17)8-14(16)18/h6-8,11,13,15,19H,4-5,9-10H2,1-3H3. The Labute approximate surface area is 139 Å². The fraction of sp³-hybridized carbons (Fsp3) is 0.625. The van der Waals surface area contributed by atoms with Crippen molar-refractivity contribution in [2.45, 2.75) is 45.7 Å². The number of piperazine rings is 1. The maximum atomic E-state index is 3.74. The van der Waals surface area contributed by atoms with Crippen molar-refractivity contribution in [3.05, 3.63) is 27.1 Å². The lowest BCUT2D eigenvalue weighted by Gasteiger charge is -2.44. The molecule has 0 radical (unpaired) electrons. The zero-order valence-electron chi connectivity index (χ0n) is 12.5. The van der Waals surface area contributed by atoms with E-state index in [0.29, 0.717) is 18.0 Å². The molecule has 0 aliphatic carbocycles. The zero-order chi connectivity index (χ0) is 14.7. The van der Waals surface area contributed by atoms with Crippen LogP contribution in [0.3, 0.4) is 0 Å². The van der Waals surface area contributed by atoms with Crippen molar-refractivity contribution in [1.82, 2.24) is 5.32 Å². The molecule has 1 heterocycles. The first-order valence-electron chi connectivity index (χ1n) is 7.51. The van der Waals surface area contributed by atoms with Gasteiger partial charge in [0.1, 0.15) is 0 Å². The summed E-state index contributed by atoms with van der Waals surface area (Å²) in [5.41, 5.74) is 1.31. The molecule has 20 heavy (non-hydrogen) atoms. The van der Waals surface area contributed by atoms with Crippen molar-refractivity contribution in [2.24, 2.45) is 5.92 Å². The first-order chi connectivity index (χ1) is 9.56. The van der Waals surface area contributed by atoms with Crippen LogP contribution >= 0.6 is 31.9 Å². The van der Waals surface area contributed by atoms with E-state index in [2.05, 4.69) is 81.0 Å². The van der Waals surface area contributed by atoms with Gasteiger partial charge in [-0.05, 0) is 46.5 Å². The molecule has 0 saturated carbocycles. The lowest BCUT2D eigenvalue weighted by molar-refractivity contribution is 0.306. The molecule has 0 aromatic heterocycles. The van der Waals surface area contributed by atoms with Gasteiger partial charge in [-0.25, -0.2) is 0 Å². The largest absolute Gasteiger partial charge is 0.365 e. The van der Waals surface area contributed by atoms with Crippen LogP contribution in [0.25, 0.3) is 0 Å². The van der Waals surface area contributed by atoms with Crippen LogP contribution in [0.2, 0.25) is 0 Å². The van der Waals surface area contributed by atoms with Gasteiger partial charge in [0.05, 0.1) is 5.69 Å². The number of benzene rings is 1. The molecule has 0 amide bonds. The first-order valence-corrected chi connectivity index (χ1v) is 9.10. The molecule has 3 atom stereocenters. The molecule has 1 fully saturated rings. The Hall–Kier alpha value is -0.0600. The van der Waals surface area contributed by atoms with Gasteiger partial charge in [-0.3, -0.25) is 0 Å². The molecule has 1 aromatic carbocycles. The maximum absolute atomic E-state index is 3.74. The van der Waals surface area contributed by atoms with Gasteiger partial charge in [0.15, 0.2) is 0 Å². The molecule has 0 bridgehead atoms. The van der Waals surface area contributed by atoms with E-state index in [1.165, 1.54) is 23.0 Å². The summed E-state index contributed by atoms with van der Waals surface area (Å²) in [7, 11) is 0. The molecule has 2 nitrogen and oxygen atoms in total. The highest BCUT2D eigenvalue weighted by Crippen LogP contribution is 2.33. The lowest BCUT2D eigenvalue weighted by atomic mass is 9.94. The average molecular weight is 404 g/mol. The van der Waals surface area contributed by atoms with Crippen molar-refractivity contribution in [2.75, 3.05) is 18.0 Å². The highest BCUT2D eigenvalue weighted by atomic mass is 79.9. The highest BCUT2D eigenvalue weighted by molar-refractivity contribution is 9.11. The van der Waals surface area contributed by atoms with Crippen LogP contribution in [-0.2, 0) is 0 Å².